The Morgan fingerprint density at radius 3 is 2.48 bits per heavy atom. The molecule has 0 spiro atoms. The molecule has 1 N–H and O–H groups in total. The maximum Gasteiger partial charge on any atom is 0.389 e. The van der Waals surface area contributed by atoms with Crippen LogP contribution < -0.4 is 5.56 Å². The van der Waals surface area contributed by atoms with Gasteiger partial charge in [-0.15, -0.1) is 11.3 Å². The first kappa shape index (κ1) is 22.8. The van der Waals surface area contributed by atoms with Gasteiger partial charge in [-0.05, 0) is 30.5 Å². The van der Waals surface area contributed by atoms with Gasteiger partial charge < -0.3 is 5.11 Å². The Kier molecular flexibility index (Phi) is 7.00. The van der Waals surface area contributed by atoms with E-state index in [1.807, 2.05) is 31.2 Å². The van der Waals surface area contributed by atoms with Gasteiger partial charge in [-0.3, -0.25) is 9.36 Å². The van der Waals surface area contributed by atoms with Crippen LogP contribution in [0.3, 0.4) is 0 Å². The molecule has 0 unspecified atom stereocenters. The van der Waals surface area contributed by atoms with E-state index >= 15 is 0 Å². The molecule has 1 aromatic carbocycles. The molecule has 0 saturated carbocycles. The molecule has 0 atom stereocenters. The third kappa shape index (κ3) is 6.07. The average Bonchev–Trinajstić information content (AvgIpc) is 3.18. The fourth-order valence-corrected chi connectivity index (χ4v) is 4.06. The van der Waals surface area contributed by atoms with Crippen molar-refractivity contribution in [2.24, 2.45) is 0 Å². The van der Waals surface area contributed by atoms with Crippen molar-refractivity contribution in [1.82, 2.24) is 9.55 Å². The first-order chi connectivity index (χ1) is 14.7. The summed E-state index contributed by atoms with van der Waals surface area (Å²) in [7, 11) is 0. The minimum absolute atomic E-state index is 0.0283. The Balaban J connectivity index is 1.96. The van der Waals surface area contributed by atoms with Crippen molar-refractivity contribution in [3.63, 3.8) is 0 Å². The van der Waals surface area contributed by atoms with Crippen LogP contribution in [0.5, 0.6) is 0 Å². The van der Waals surface area contributed by atoms with Crippen LogP contribution in [0, 0.1) is 0 Å². The first-order valence-corrected chi connectivity index (χ1v) is 10.7. The molecule has 4 nitrogen and oxygen atoms in total. The molecule has 164 valence electrons. The van der Waals surface area contributed by atoms with Crippen molar-refractivity contribution in [3.8, 4) is 11.3 Å². The van der Waals surface area contributed by atoms with Crippen molar-refractivity contribution in [2.45, 2.75) is 45.3 Å². The number of nitrogens with zero attached hydrogens (tertiary/aromatic N) is 2. The summed E-state index contributed by atoms with van der Waals surface area (Å²) in [4.78, 5) is 18.8. The lowest BCUT2D eigenvalue weighted by Gasteiger charge is -2.14. The second kappa shape index (κ2) is 9.51. The van der Waals surface area contributed by atoms with Gasteiger partial charge in [0.25, 0.3) is 5.56 Å². The number of aliphatic hydroxyl groups excluding tert-OH is 1. The van der Waals surface area contributed by atoms with Crippen molar-refractivity contribution in [3.05, 3.63) is 80.5 Å². The van der Waals surface area contributed by atoms with E-state index in [-0.39, 0.29) is 30.7 Å². The number of halogens is 3. The number of hydrogen-bond acceptors (Lipinski definition) is 4. The Bertz CT molecular complexity index is 1120. The molecule has 0 saturated heterocycles. The minimum atomic E-state index is -4.26. The van der Waals surface area contributed by atoms with E-state index in [9.17, 15) is 23.1 Å². The summed E-state index contributed by atoms with van der Waals surface area (Å²) < 4.78 is 39.4. The van der Waals surface area contributed by atoms with Gasteiger partial charge in [-0.1, -0.05) is 37.8 Å². The van der Waals surface area contributed by atoms with E-state index in [2.05, 4.69) is 11.6 Å². The molecular weight excluding hydrogens is 425 g/mol. The molecule has 31 heavy (non-hydrogen) atoms. The van der Waals surface area contributed by atoms with Gasteiger partial charge in [-0.2, -0.15) is 13.2 Å². The normalized spacial score (nSPS) is 11.6. The van der Waals surface area contributed by atoms with Gasteiger partial charge in [-0.25, -0.2) is 4.98 Å². The number of alkyl halides is 3. The van der Waals surface area contributed by atoms with Crippen LogP contribution in [0.1, 0.15) is 40.9 Å². The number of rotatable bonds is 8. The smallest absolute Gasteiger partial charge is 0.389 e. The SMILES string of the molecule is C=C(O)c1ccc(Cn2c(CCCC(F)(F)F)nc(-c3ccc(CC)cc3)cc2=O)s1. The van der Waals surface area contributed by atoms with Crippen molar-refractivity contribution in [1.29, 1.82) is 0 Å². The summed E-state index contributed by atoms with van der Waals surface area (Å²) in [5.41, 5.74) is 2.00. The van der Waals surface area contributed by atoms with Crippen molar-refractivity contribution >= 4 is 17.1 Å². The fourth-order valence-electron chi connectivity index (χ4n) is 3.19. The Morgan fingerprint density at radius 2 is 1.90 bits per heavy atom. The van der Waals surface area contributed by atoms with Gasteiger partial charge in [0.2, 0.25) is 0 Å². The Morgan fingerprint density at radius 1 is 1.19 bits per heavy atom. The number of aliphatic hydroxyl groups is 1. The summed E-state index contributed by atoms with van der Waals surface area (Å²) in [6, 6.07) is 12.5. The van der Waals surface area contributed by atoms with Crippen LogP contribution >= 0.6 is 11.3 Å². The lowest BCUT2D eigenvalue weighted by molar-refractivity contribution is -0.135. The molecule has 2 aromatic heterocycles. The van der Waals surface area contributed by atoms with Crippen LogP contribution in [0.15, 0.2) is 53.8 Å². The summed E-state index contributed by atoms with van der Waals surface area (Å²) in [5.74, 6) is 0.238. The molecule has 0 aliphatic carbocycles. The third-order valence-corrected chi connectivity index (χ3v) is 5.98. The number of thiophene rings is 1. The van der Waals surface area contributed by atoms with Gasteiger partial charge in [0.1, 0.15) is 11.6 Å². The molecular formula is C23H23F3N2O2S. The van der Waals surface area contributed by atoms with E-state index in [0.717, 1.165) is 22.4 Å². The first-order valence-electron chi connectivity index (χ1n) is 9.90. The number of hydrogen-bond donors (Lipinski definition) is 1. The van der Waals surface area contributed by atoms with Crippen LogP contribution in [0.2, 0.25) is 0 Å². The predicted octanol–water partition coefficient (Wildman–Crippen LogP) is 6.00. The van der Waals surface area contributed by atoms with E-state index in [1.165, 1.54) is 22.0 Å². The van der Waals surface area contributed by atoms with Gasteiger partial charge >= 0.3 is 6.18 Å². The Hall–Kier alpha value is -2.87. The zero-order valence-corrected chi connectivity index (χ0v) is 17.9. The van der Waals surface area contributed by atoms with Crippen molar-refractivity contribution in [2.75, 3.05) is 0 Å². The van der Waals surface area contributed by atoms with E-state index < -0.39 is 12.6 Å². The molecule has 2 heterocycles. The van der Waals surface area contributed by atoms with Crippen LogP contribution in [0.4, 0.5) is 13.2 Å². The molecule has 0 aliphatic rings. The van der Waals surface area contributed by atoms with Gasteiger partial charge in [0, 0.05) is 29.3 Å². The monoisotopic (exact) mass is 448 g/mol. The largest absolute Gasteiger partial charge is 0.507 e. The van der Waals surface area contributed by atoms with Gasteiger partial charge in [0.05, 0.1) is 17.1 Å². The van der Waals surface area contributed by atoms with Crippen molar-refractivity contribution < 1.29 is 18.3 Å². The minimum Gasteiger partial charge on any atom is -0.507 e. The second-order valence-electron chi connectivity index (χ2n) is 7.21. The highest BCUT2D eigenvalue weighted by Gasteiger charge is 2.26. The quantitative estimate of drug-likeness (QED) is 0.430. The number of aromatic nitrogens is 2. The molecule has 3 rings (SSSR count). The predicted molar refractivity (Wildman–Crippen MR) is 117 cm³/mol. The zero-order chi connectivity index (χ0) is 22.6. The summed E-state index contributed by atoms with van der Waals surface area (Å²) in [6.45, 7) is 5.68. The molecule has 0 aliphatic heterocycles. The maximum atomic E-state index is 12.9. The molecule has 0 amide bonds. The van der Waals surface area contributed by atoms with E-state index in [1.54, 1.807) is 12.1 Å². The average molecular weight is 449 g/mol. The molecule has 3 aromatic rings. The second-order valence-corrected chi connectivity index (χ2v) is 8.38. The molecule has 8 heteroatoms. The Labute approximate surface area is 182 Å². The lowest BCUT2D eigenvalue weighted by Crippen LogP contribution is -2.25. The fraction of sp³-hybridized carbons (Fsp3) is 0.304. The summed E-state index contributed by atoms with van der Waals surface area (Å²) >= 11 is 1.27. The third-order valence-electron chi connectivity index (χ3n) is 4.87. The van der Waals surface area contributed by atoms with Crippen LogP contribution in [0.25, 0.3) is 17.0 Å². The van der Waals surface area contributed by atoms with Gasteiger partial charge in [0.15, 0.2) is 0 Å². The highest BCUT2D eigenvalue weighted by molar-refractivity contribution is 7.13. The maximum absolute atomic E-state index is 12.9. The summed E-state index contributed by atoms with van der Waals surface area (Å²) in [5, 5.41) is 9.53. The molecule has 0 bridgehead atoms. The van der Waals surface area contributed by atoms with E-state index in [0.29, 0.717) is 16.4 Å². The van der Waals surface area contributed by atoms with E-state index in [4.69, 9.17) is 0 Å². The zero-order valence-electron chi connectivity index (χ0n) is 17.1. The lowest BCUT2D eigenvalue weighted by atomic mass is 10.1. The molecule has 0 radical (unpaired) electrons. The highest BCUT2D eigenvalue weighted by atomic mass is 32.1. The van der Waals surface area contributed by atoms with Crippen LogP contribution in [-0.4, -0.2) is 20.8 Å². The topological polar surface area (TPSA) is 55.1 Å². The van der Waals surface area contributed by atoms with Crippen LogP contribution in [-0.2, 0) is 19.4 Å². The summed E-state index contributed by atoms with van der Waals surface area (Å²) in [6.07, 6.45) is -4.45. The standard InChI is InChI=1S/C23H23F3N2O2S/c1-3-16-6-8-17(9-7-16)19-13-22(30)28(14-18-10-11-20(31-18)15(2)29)21(27-19)5-4-12-23(24,25)26/h6-11,13,29H,2-5,12,14H2,1H3. The molecule has 0 fully saturated rings. The number of aryl methyl sites for hydroxylation is 2. The highest BCUT2D eigenvalue weighted by Crippen LogP contribution is 2.25. The number of benzene rings is 1.